The van der Waals surface area contributed by atoms with Gasteiger partial charge in [-0.1, -0.05) is 0 Å². The third-order valence-corrected chi connectivity index (χ3v) is 5.44. The molecule has 0 fully saturated rings. The summed E-state index contributed by atoms with van der Waals surface area (Å²) in [6.07, 6.45) is 1.24. The zero-order valence-electron chi connectivity index (χ0n) is 14.7. The van der Waals surface area contributed by atoms with Crippen LogP contribution in [0, 0.1) is 0 Å². The van der Waals surface area contributed by atoms with Gasteiger partial charge in [-0.2, -0.15) is 27.0 Å². The molecule has 12 nitrogen and oxygen atoms in total. The van der Waals surface area contributed by atoms with Crippen molar-refractivity contribution < 1.29 is 35.8 Å². The van der Waals surface area contributed by atoms with Crippen molar-refractivity contribution >= 4 is 37.6 Å². The molecule has 3 rings (SSSR count). The molecule has 14 heteroatoms. The summed E-state index contributed by atoms with van der Waals surface area (Å²) in [6, 6.07) is 9.55. The molecule has 0 bridgehead atoms. The number of nitrogens with zero attached hydrogens (tertiary/aromatic N) is 4. The average molecular weight is 452 g/mol. The standard InChI is InChI=1S/C16H12N4O8S2/c21-16(22)15-14(18-17-10-1-5-12(6-2-10)29(23,24)25)9-20(19-15)11-3-7-13(8-4-11)30(26,27)28/h1-9H,(H,21,22)(H,23,24,25)(H,26,27,28). The molecule has 3 aromatic rings. The minimum Gasteiger partial charge on any atom is -0.476 e. The van der Waals surface area contributed by atoms with Gasteiger partial charge >= 0.3 is 5.97 Å². The number of carboxylic acid groups (broad SMARTS) is 1. The lowest BCUT2D eigenvalue weighted by Crippen LogP contribution is -2.02. The molecule has 0 saturated heterocycles. The summed E-state index contributed by atoms with van der Waals surface area (Å²) in [4.78, 5) is 10.8. The summed E-state index contributed by atoms with van der Waals surface area (Å²) in [6.45, 7) is 0. The molecule has 1 aromatic heterocycles. The van der Waals surface area contributed by atoms with Gasteiger partial charge in [0.25, 0.3) is 20.2 Å². The van der Waals surface area contributed by atoms with Crippen molar-refractivity contribution in [2.45, 2.75) is 9.79 Å². The largest absolute Gasteiger partial charge is 0.476 e. The van der Waals surface area contributed by atoms with Gasteiger partial charge in [-0.3, -0.25) is 9.11 Å². The van der Waals surface area contributed by atoms with Crippen LogP contribution in [-0.4, -0.2) is 46.8 Å². The van der Waals surface area contributed by atoms with Crippen LogP contribution in [0.25, 0.3) is 5.69 Å². The van der Waals surface area contributed by atoms with E-state index >= 15 is 0 Å². The number of benzene rings is 2. The van der Waals surface area contributed by atoms with E-state index in [4.69, 9.17) is 9.11 Å². The Kier molecular flexibility index (Phi) is 5.49. The molecule has 0 aliphatic rings. The van der Waals surface area contributed by atoms with Crippen molar-refractivity contribution in [3.05, 3.63) is 60.4 Å². The molecule has 0 unspecified atom stereocenters. The monoisotopic (exact) mass is 452 g/mol. The van der Waals surface area contributed by atoms with Gasteiger partial charge in [-0.05, 0) is 48.5 Å². The Morgan fingerprint density at radius 2 is 1.33 bits per heavy atom. The lowest BCUT2D eigenvalue weighted by molar-refractivity contribution is 0.0690. The van der Waals surface area contributed by atoms with Gasteiger partial charge in [0.15, 0.2) is 5.69 Å². The van der Waals surface area contributed by atoms with E-state index in [0.717, 1.165) is 28.9 Å². The van der Waals surface area contributed by atoms with E-state index < -0.39 is 31.9 Å². The van der Waals surface area contributed by atoms with E-state index in [2.05, 4.69) is 15.3 Å². The normalized spacial score (nSPS) is 12.3. The van der Waals surface area contributed by atoms with Crippen molar-refractivity contribution in [1.82, 2.24) is 9.78 Å². The molecule has 1 heterocycles. The number of carbonyl (C=O) groups is 1. The second-order valence-electron chi connectivity index (χ2n) is 5.75. The van der Waals surface area contributed by atoms with E-state index in [1.54, 1.807) is 0 Å². The second-order valence-corrected chi connectivity index (χ2v) is 8.59. The molecule has 156 valence electrons. The van der Waals surface area contributed by atoms with Gasteiger partial charge in [0.2, 0.25) is 0 Å². The Hall–Kier alpha value is -3.46. The van der Waals surface area contributed by atoms with E-state index in [1.165, 1.54) is 30.5 Å². The predicted octanol–water partition coefficient (Wildman–Crippen LogP) is 2.48. The number of azo groups is 1. The lowest BCUT2D eigenvalue weighted by Gasteiger charge is -2.01. The van der Waals surface area contributed by atoms with E-state index in [0.29, 0.717) is 5.69 Å². The number of aromatic nitrogens is 2. The molecule has 0 atom stereocenters. The fourth-order valence-corrected chi connectivity index (χ4v) is 3.25. The van der Waals surface area contributed by atoms with Gasteiger partial charge in [0, 0.05) is 0 Å². The van der Waals surface area contributed by atoms with Gasteiger partial charge in [0.05, 0.1) is 27.4 Å². The number of rotatable bonds is 6. The zero-order valence-corrected chi connectivity index (χ0v) is 16.3. The van der Waals surface area contributed by atoms with E-state index in [1.807, 2.05) is 0 Å². The van der Waals surface area contributed by atoms with Gasteiger partial charge in [0.1, 0.15) is 5.69 Å². The highest BCUT2D eigenvalue weighted by atomic mass is 32.2. The van der Waals surface area contributed by atoms with Crippen LogP contribution in [0.15, 0.2) is 74.7 Å². The highest BCUT2D eigenvalue weighted by Crippen LogP contribution is 2.25. The number of aromatic carboxylic acids is 1. The Balaban J connectivity index is 1.93. The van der Waals surface area contributed by atoms with Gasteiger partial charge in [-0.25, -0.2) is 9.48 Å². The molecule has 2 aromatic carbocycles. The molecule has 30 heavy (non-hydrogen) atoms. The summed E-state index contributed by atoms with van der Waals surface area (Å²) in [5.74, 6) is -1.39. The van der Waals surface area contributed by atoms with Crippen LogP contribution < -0.4 is 0 Å². The Bertz CT molecular complexity index is 1340. The summed E-state index contributed by atoms with van der Waals surface area (Å²) in [5, 5.41) is 20.8. The molecular formula is C16H12N4O8S2. The van der Waals surface area contributed by atoms with Crippen LogP contribution >= 0.6 is 0 Å². The second kappa shape index (κ2) is 7.75. The Labute approximate surface area is 169 Å². The zero-order chi connectivity index (χ0) is 22.1. The minimum absolute atomic E-state index is 0.125. The summed E-state index contributed by atoms with van der Waals surface area (Å²) in [7, 11) is -8.74. The van der Waals surface area contributed by atoms with Crippen LogP contribution in [0.4, 0.5) is 11.4 Å². The van der Waals surface area contributed by atoms with Gasteiger partial charge < -0.3 is 5.11 Å². The highest BCUT2D eigenvalue weighted by Gasteiger charge is 2.17. The molecule has 0 radical (unpaired) electrons. The number of hydrogen-bond donors (Lipinski definition) is 3. The van der Waals surface area contributed by atoms with Crippen molar-refractivity contribution in [2.75, 3.05) is 0 Å². The molecule has 0 saturated carbocycles. The fraction of sp³-hybridized carbons (Fsp3) is 0. The molecule has 0 spiro atoms. The van der Waals surface area contributed by atoms with Crippen molar-refractivity contribution in [1.29, 1.82) is 0 Å². The Morgan fingerprint density at radius 1 is 0.833 bits per heavy atom. The van der Waals surface area contributed by atoms with Crippen LogP contribution in [0.1, 0.15) is 10.5 Å². The lowest BCUT2D eigenvalue weighted by atomic mass is 10.3. The van der Waals surface area contributed by atoms with E-state index in [9.17, 15) is 26.7 Å². The first kappa shape index (κ1) is 21.3. The summed E-state index contributed by atoms with van der Waals surface area (Å²) >= 11 is 0. The van der Waals surface area contributed by atoms with Crippen LogP contribution in [-0.2, 0) is 20.2 Å². The van der Waals surface area contributed by atoms with Crippen molar-refractivity contribution in [3.8, 4) is 5.69 Å². The average Bonchev–Trinajstić information content (AvgIpc) is 3.10. The molecule has 0 aliphatic carbocycles. The topological polar surface area (TPSA) is 189 Å². The summed E-state index contributed by atoms with van der Waals surface area (Å²) in [5.41, 5.74) is -0.0831. The molecule has 0 aliphatic heterocycles. The minimum atomic E-state index is -4.38. The van der Waals surface area contributed by atoms with Crippen LogP contribution in [0.5, 0.6) is 0 Å². The third-order valence-electron chi connectivity index (χ3n) is 3.70. The number of hydrogen-bond acceptors (Lipinski definition) is 8. The van der Waals surface area contributed by atoms with Crippen LogP contribution in [0.3, 0.4) is 0 Å². The number of carboxylic acids is 1. The summed E-state index contributed by atoms with van der Waals surface area (Å²) < 4.78 is 63.4. The first-order valence-electron chi connectivity index (χ1n) is 7.85. The maximum atomic E-state index is 11.4. The van der Waals surface area contributed by atoms with E-state index in [-0.39, 0.29) is 21.2 Å². The SMILES string of the molecule is O=C(O)c1nn(-c2ccc(S(=O)(=O)O)cc2)cc1N=Nc1ccc(S(=O)(=O)O)cc1. The van der Waals surface area contributed by atoms with Crippen molar-refractivity contribution in [2.24, 2.45) is 10.2 Å². The fourth-order valence-electron chi connectivity index (χ4n) is 2.29. The molecule has 0 amide bonds. The highest BCUT2D eigenvalue weighted by molar-refractivity contribution is 7.86. The first-order valence-corrected chi connectivity index (χ1v) is 10.7. The maximum Gasteiger partial charge on any atom is 0.358 e. The first-order chi connectivity index (χ1) is 13.9. The Morgan fingerprint density at radius 3 is 1.80 bits per heavy atom. The molecular weight excluding hydrogens is 440 g/mol. The van der Waals surface area contributed by atoms with Crippen molar-refractivity contribution in [3.63, 3.8) is 0 Å². The third kappa shape index (κ3) is 4.74. The quantitative estimate of drug-likeness (QED) is 0.372. The maximum absolute atomic E-state index is 11.4. The van der Waals surface area contributed by atoms with Gasteiger partial charge in [-0.15, -0.1) is 5.11 Å². The van der Waals surface area contributed by atoms with Crippen LogP contribution in [0.2, 0.25) is 0 Å². The molecule has 3 N–H and O–H groups in total. The smallest absolute Gasteiger partial charge is 0.358 e. The predicted molar refractivity (Wildman–Crippen MR) is 101 cm³/mol.